The van der Waals surface area contributed by atoms with Crippen molar-refractivity contribution >= 4 is 17.0 Å². The highest BCUT2D eigenvalue weighted by Gasteiger charge is 2.13. The number of thiazole rings is 1. The van der Waals surface area contributed by atoms with Crippen LogP contribution in [-0.4, -0.2) is 17.1 Å². The average molecular weight is 277 g/mol. The van der Waals surface area contributed by atoms with Gasteiger partial charge in [-0.1, -0.05) is 6.92 Å². The molecule has 1 unspecified atom stereocenters. The van der Waals surface area contributed by atoms with E-state index in [2.05, 4.69) is 36.1 Å². The number of aryl methyl sites for hydroxylation is 2. The fourth-order valence-corrected chi connectivity index (χ4v) is 2.93. The highest BCUT2D eigenvalue weighted by atomic mass is 32.1. The number of nitrogens with zero attached hydrogens (tertiary/aromatic N) is 2. The molecular formula is C14H19N3OS. The quantitative estimate of drug-likeness (QED) is 0.907. The van der Waals surface area contributed by atoms with Crippen LogP contribution in [0.25, 0.3) is 0 Å². The van der Waals surface area contributed by atoms with E-state index in [0.717, 1.165) is 17.8 Å². The molecule has 0 radical (unpaired) electrons. The minimum absolute atomic E-state index is 0.230. The molecular weight excluding hydrogens is 258 g/mol. The van der Waals surface area contributed by atoms with E-state index in [1.165, 1.54) is 9.88 Å². The molecule has 0 saturated carbocycles. The van der Waals surface area contributed by atoms with Crippen molar-refractivity contribution in [3.8, 4) is 5.88 Å². The smallest absolute Gasteiger partial charge is 0.213 e. The van der Waals surface area contributed by atoms with Crippen molar-refractivity contribution in [3.63, 3.8) is 0 Å². The number of hydrogen-bond donors (Lipinski definition) is 1. The van der Waals surface area contributed by atoms with Crippen LogP contribution < -0.4 is 10.1 Å². The second-order valence-electron chi connectivity index (χ2n) is 4.37. The number of hydrogen-bond acceptors (Lipinski definition) is 5. The van der Waals surface area contributed by atoms with Gasteiger partial charge in [-0.2, -0.15) is 0 Å². The predicted octanol–water partition coefficient (Wildman–Crippen LogP) is 3.59. The normalized spacial score (nSPS) is 12.2. The minimum Gasteiger partial charge on any atom is -0.481 e. The maximum Gasteiger partial charge on any atom is 0.213 e. The molecule has 0 amide bonds. The van der Waals surface area contributed by atoms with Crippen molar-refractivity contribution in [2.24, 2.45) is 0 Å². The summed E-state index contributed by atoms with van der Waals surface area (Å²) in [5, 5.41) is 4.63. The second-order valence-corrected chi connectivity index (χ2v) is 5.48. The molecule has 0 aliphatic rings. The highest BCUT2D eigenvalue weighted by molar-refractivity contribution is 7.11. The third-order valence-corrected chi connectivity index (χ3v) is 4.39. The Hall–Kier alpha value is -1.62. The van der Waals surface area contributed by atoms with Gasteiger partial charge in [0.25, 0.3) is 0 Å². The van der Waals surface area contributed by atoms with Gasteiger partial charge in [0.1, 0.15) is 0 Å². The van der Waals surface area contributed by atoms with Crippen molar-refractivity contribution in [3.05, 3.63) is 33.9 Å². The number of anilines is 1. The third kappa shape index (κ3) is 3.23. The first-order valence-electron chi connectivity index (χ1n) is 6.36. The van der Waals surface area contributed by atoms with Gasteiger partial charge in [-0.15, -0.1) is 11.3 Å². The number of pyridine rings is 1. The molecule has 102 valence electrons. The Morgan fingerprint density at radius 3 is 2.74 bits per heavy atom. The first-order chi connectivity index (χ1) is 9.13. The molecule has 2 aromatic heterocycles. The first-order valence-corrected chi connectivity index (χ1v) is 7.18. The molecule has 0 fully saturated rings. The molecule has 4 nitrogen and oxygen atoms in total. The highest BCUT2D eigenvalue weighted by Crippen LogP contribution is 2.28. The van der Waals surface area contributed by atoms with Crippen molar-refractivity contribution in [1.82, 2.24) is 9.97 Å². The molecule has 0 aliphatic carbocycles. The van der Waals surface area contributed by atoms with Gasteiger partial charge in [0, 0.05) is 10.9 Å². The zero-order chi connectivity index (χ0) is 13.8. The number of rotatable bonds is 5. The summed E-state index contributed by atoms with van der Waals surface area (Å²) in [5.74, 6) is 0.625. The van der Waals surface area contributed by atoms with Gasteiger partial charge < -0.3 is 10.1 Å². The molecule has 1 N–H and O–H groups in total. The Morgan fingerprint density at radius 1 is 1.42 bits per heavy atom. The summed E-state index contributed by atoms with van der Waals surface area (Å²) in [7, 11) is 1.62. The van der Waals surface area contributed by atoms with Crippen LogP contribution in [0, 0.1) is 6.92 Å². The summed E-state index contributed by atoms with van der Waals surface area (Å²) in [6, 6.07) is 4.05. The van der Waals surface area contributed by atoms with Gasteiger partial charge in [-0.05, 0) is 26.3 Å². The molecule has 0 aromatic carbocycles. The van der Waals surface area contributed by atoms with E-state index in [-0.39, 0.29) is 6.04 Å². The molecule has 2 rings (SSSR count). The van der Waals surface area contributed by atoms with Gasteiger partial charge in [0.05, 0.1) is 35.7 Å². The lowest BCUT2D eigenvalue weighted by Crippen LogP contribution is -2.06. The standard InChI is InChI=1S/C14H19N3OS/c1-5-13-17-10(3)14(19-13)9(2)16-11-6-7-12(18-4)15-8-11/h6-9,16H,5H2,1-4H3. The first kappa shape index (κ1) is 13.8. The maximum absolute atomic E-state index is 5.05. The van der Waals surface area contributed by atoms with E-state index >= 15 is 0 Å². The van der Waals surface area contributed by atoms with Crippen molar-refractivity contribution in [2.75, 3.05) is 12.4 Å². The Labute approximate surface area is 117 Å². The Morgan fingerprint density at radius 2 is 2.21 bits per heavy atom. The zero-order valence-electron chi connectivity index (χ0n) is 11.7. The molecule has 2 heterocycles. The van der Waals surface area contributed by atoms with E-state index in [0.29, 0.717) is 5.88 Å². The Bertz CT molecular complexity index is 536. The van der Waals surface area contributed by atoms with Gasteiger partial charge in [0.2, 0.25) is 5.88 Å². The topological polar surface area (TPSA) is 47.0 Å². The lowest BCUT2D eigenvalue weighted by Gasteiger charge is -2.14. The molecule has 0 bridgehead atoms. The van der Waals surface area contributed by atoms with Crippen LogP contribution in [-0.2, 0) is 6.42 Å². The number of methoxy groups -OCH3 is 1. The summed E-state index contributed by atoms with van der Waals surface area (Å²) < 4.78 is 5.05. The van der Waals surface area contributed by atoms with Gasteiger partial charge in [0.15, 0.2) is 0 Å². The van der Waals surface area contributed by atoms with E-state index in [9.17, 15) is 0 Å². The maximum atomic E-state index is 5.05. The summed E-state index contributed by atoms with van der Waals surface area (Å²) in [6.07, 6.45) is 2.77. The molecule has 0 spiro atoms. The van der Waals surface area contributed by atoms with Gasteiger partial charge >= 0.3 is 0 Å². The van der Waals surface area contributed by atoms with E-state index in [1.807, 2.05) is 12.1 Å². The molecule has 19 heavy (non-hydrogen) atoms. The number of nitrogens with one attached hydrogen (secondary N) is 1. The van der Waals surface area contributed by atoms with E-state index in [4.69, 9.17) is 4.74 Å². The number of aromatic nitrogens is 2. The fourth-order valence-electron chi connectivity index (χ4n) is 1.92. The van der Waals surface area contributed by atoms with Crippen LogP contribution in [0.3, 0.4) is 0 Å². The second kappa shape index (κ2) is 6.02. The fraction of sp³-hybridized carbons (Fsp3) is 0.429. The molecule has 0 aliphatic heterocycles. The molecule has 0 saturated heterocycles. The van der Waals surface area contributed by atoms with Crippen LogP contribution in [0.1, 0.15) is 35.5 Å². The molecule has 2 aromatic rings. The third-order valence-electron chi connectivity index (χ3n) is 2.90. The van der Waals surface area contributed by atoms with Crippen molar-refractivity contribution in [1.29, 1.82) is 0 Å². The predicted molar refractivity (Wildman–Crippen MR) is 79.1 cm³/mol. The zero-order valence-corrected chi connectivity index (χ0v) is 12.5. The summed E-state index contributed by atoms with van der Waals surface area (Å²) in [5.41, 5.74) is 2.10. The van der Waals surface area contributed by atoms with Crippen LogP contribution in [0.5, 0.6) is 5.88 Å². The SMILES string of the molecule is CCc1nc(C)c(C(C)Nc2ccc(OC)nc2)s1. The van der Waals surface area contributed by atoms with Crippen molar-refractivity contribution in [2.45, 2.75) is 33.2 Å². The van der Waals surface area contributed by atoms with Gasteiger partial charge in [-0.25, -0.2) is 9.97 Å². The largest absolute Gasteiger partial charge is 0.481 e. The monoisotopic (exact) mass is 277 g/mol. The van der Waals surface area contributed by atoms with Crippen molar-refractivity contribution < 1.29 is 4.74 Å². The van der Waals surface area contributed by atoms with E-state index in [1.54, 1.807) is 24.6 Å². The summed E-state index contributed by atoms with van der Waals surface area (Å²) >= 11 is 1.78. The Balaban J connectivity index is 2.10. The van der Waals surface area contributed by atoms with Crippen LogP contribution in [0.15, 0.2) is 18.3 Å². The van der Waals surface area contributed by atoms with E-state index < -0.39 is 0 Å². The Kier molecular flexibility index (Phi) is 4.37. The van der Waals surface area contributed by atoms with Crippen LogP contribution in [0.2, 0.25) is 0 Å². The number of ether oxygens (including phenoxy) is 1. The molecule has 5 heteroatoms. The average Bonchev–Trinajstić information content (AvgIpc) is 2.81. The lowest BCUT2D eigenvalue weighted by atomic mass is 10.2. The van der Waals surface area contributed by atoms with Crippen LogP contribution in [0.4, 0.5) is 5.69 Å². The summed E-state index contributed by atoms with van der Waals surface area (Å²) in [4.78, 5) is 10.0. The lowest BCUT2D eigenvalue weighted by molar-refractivity contribution is 0.398. The van der Waals surface area contributed by atoms with Gasteiger partial charge in [-0.3, -0.25) is 0 Å². The summed E-state index contributed by atoms with van der Waals surface area (Å²) in [6.45, 7) is 6.34. The van der Waals surface area contributed by atoms with Crippen LogP contribution >= 0.6 is 11.3 Å². The minimum atomic E-state index is 0.230. The molecule has 1 atom stereocenters.